The lowest BCUT2D eigenvalue weighted by Gasteiger charge is -2.19. The molecule has 0 radical (unpaired) electrons. The van der Waals surface area contributed by atoms with Gasteiger partial charge in [-0.3, -0.25) is 4.79 Å². The molecule has 0 aliphatic heterocycles. The van der Waals surface area contributed by atoms with Crippen LogP contribution in [0, 0.1) is 0 Å². The molecule has 2 amide bonds. The van der Waals surface area contributed by atoms with Crippen molar-refractivity contribution in [3.05, 3.63) is 71.8 Å². The maximum atomic E-state index is 12.4. The van der Waals surface area contributed by atoms with E-state index in [9.17, 15) is 14.4 Å². The Morgan fingerprint density at radius 1 is 0.933 bits per heavy atom. The minimum absolute atomic E-state index is 0.0991. The van der Waals surface area contributed by atoms with Gasteiger partial charge in [0.2, 0.25) is 5.91 Å². The zero-order chi connectivity index (χ0) is 21.8. The van der Waals surface area contributed by atoms with E-state index < -0.39 is 30.1 Å². The van der Waals surface area contributed by atoms with Gasteiger partial charge in [-0.2, -0.15) is 11.8 Å². The Labute approximate surface area is 180 Å². The van der Waals surface area contributed by atoms with Gasteiger partial charge in [0.15, 0.2) is 0 Å². The van der Waals surface area contributed by atoms with E-state index in [2.05, 4.69) is 10.6 Å². The maximum Gasteiger partial charge on any atom is 0.408 e. The van der Waals surface area contributed by atoms with Crippen LogP contribution in [-0.4, -0.2) is 42.9 Å². The summed E-state index contributed by atoms with van der Waals surface area (Å²) in [6, 6.07) is 17.3. The Hall–Kier alpha value is -3.00. The van der Waals surface area contributed by atoms with Crippen LogP contribution in [0.4, 0.5) is 4.79 Å². The molecular formula is C22H26N2O5S. The summed E-state index contributed by atoms with van der Waals surface area (Å²) in [6.45, 7) is 1.62. The summed E-state index contributed by atoms with van der Waals surface area (Å²) in [5, 5.41) is 5.09. The fourth-order valence-corrected chi connectivity index (χ4v) is 3.48. The Morgan fingerprint density at radius 3 is 2.13 bits per heavy atom. The Balaban J connectivity index is 1.79. The number of carbonyl (C=O) groups excluding carboxylic acids is 3. The molecule has 2 aromatic rings. The van der Waals surface area contributed by atoms with Crippen LogP contribution in [-0.2, 0) is 31.4 Å². The van der Waals surface area contributed by atoms with Crippen LogP contribution in [0.3, 0.4) is 0 Å². The van der Waals surface area contributed by atoms with Crippen LogP contribution in [0.15, 0.2) is 60.7 Å². The monoisotopic (exact) mass is 430 g/mol. The largest absolute Gasteiger partial charge is 0.467 e. The van der Waals surface area contributed by atoms with Crippen molar-refractivity contribution in [2.24, 2.45) is 0 Å². The van der Waals surface area contributed by atoms with Gasteiger partial charge in [-0.25, -0.2) is 9.59 Å². The van der Waals surface area contributed by atoms with E-state index in [1.165, 1.54) is 25.8 Å². The Morgan fingerprint density at radius 2 is 1.53 bits per heavy atom. The predicted octanol–water partition coefficient (Wildman–Crippen LogP) is 2.89. The number of ether oxygens (including phenoxy) is 2. The first-order valence-electron chi connectivity index (χ1n) is 9.46. The summed E-state index contributed by atoms with van der Waals surface area (Å²) in [4.78, 5) is 36.4. The smallest absolute Gasteiger partial charge is 0.408 e. The van der Waals surface area contributed by atoms with Gasteiger partial charge in [0.1, 0.15) is 18.7 Å². The van der Waals surface area contributed by atoms with Gasteiger partial charge in [-0.1, -0.05) is 60.7 Å². The number of alkyl carbamates (subject to hydrolysis) is 1. The molecule has 0 aliphatic carbocycles. The SMILES string of the molecule is COC(=O)[C@H](CSCc1ccccc1)NC(=O)[C@H](C)NC(=O)OCc1ccccc1. The molecule has 0 spiro atoms. The van der Waals surface area contributed by atoms with Crippen LogP contribution in [0.2, 0.25) is 0 Å². The molecule has 0 saturated heterocycles. The highest BCUT2D eigenvalue weighted by molar-refractivity contribution is 7.98. The maximum absolute atomic E-state index is 12.4. The van der Waals surface area contributed by atoms with Crippen LogP contribution in [0.5, 0.6) is 0 Å². The van der Waals surface area contributed by atoms with Gasteiger partial charge in [-0.15, -0.1) is 0 Å². The van der Waals surface area contributed by atoms with Gasteiger partial charge < -0.3 is 20.1 Å². The zero-order valence-electron chi connectivity index (χ0n) is 17.0. The number of thioether (sulfide) groups is 1. The molecule has 2 rings (SSSR count). The number of carbonyl (C=O) groups is 3. The average molecular weight is 431 g/mol. The van der Waals surface area contributed by atoms with Gasteiger partial charge in [-0.05, 0) is 18.1 Å². The molecule has 0 aliphatic rings. The summed E-state index contributed by atoms with van der Waals surface area (Å²) in [7, 11) is 1.27. The number of nitrogens with one attached hydrogen (secondary N) is 2. The second-order valence-electron chi connectivity index (χ2n) is 6.51. The summed E-state index contributed by atoms with van der Waals surface area (Å²) in [5.41, 5.74) is 1.96. The molecule has 2 atom stereocenters. The lowest BCUT2D eigenvalue weighted by molar-refractivity contribution is -0.144. The number of benzene rings is 2. The standard InChI is InChI=1S/C22H26N2O5S/c1-16(23-22(27)29-13-17-9-5-3-6-10-17)20(25)24-19(21(26)28-2)15-30-14-18-11-7-4-8-12-18/h3-12,16,19H,13-15H2,1-2H3,(H,23,27)(H,24,25)/t16-,19-/m0/s1. The third-order valence-electron chi connectivity index (χ3n) is 4.14. The highest BCUT2D eigenvalue weighted by Gasteiger charge is 2.25. The molecule has 7 nitrogen and oxygen atoms in total. The van der Waals surface area contributed by atoms with Crippen LogP contribution in [0.25, 0.3) is 0 Å². The van der Waals surface area contributed by atoms with Gasteiger partial charge in [0.25, 0.3) is 0 Å². The van der Waals surface area contributed by atoms with Crippen molar-refractivity contribution in [2.75, 3.05) is 12.9 Å². The fraction of sp³-hybridized carbons (Fsp3) is 0.318. The molecule has 0 saturated carbocycles. The first-order chi connectivity index (χ1) is 14.5. The number of esters is 1. The quantitative estimate of drug-likeness (QED) is 0.563. The summed E-state index contributed by atoms with van der Waals surface area (Å²) >= 11 is 1.50. The number of methoxy groups -OCH3 is 1. The van der Waals surface area contributed by atoms with E-state index in [-0.39, 0.29) is 6.61 Å². The number of hydrogen-bond donors (Lipinski definition) is 2. The van der Waals surface area contributed by atoms with Crippen molar-refractivity contribution in [1.82, 2.24) is 10.6 Å². The Kier molecular flexibility index (Phi) is 9.73. The minimum Gasteiger partial charge on any atom is -0.467 e. The van der Waals surface area contributed by atoms with Crippen molar-refractivity contribution in [3.8, 4) is 0 Å². The molecule has 2 aromatic carbocycles. The molecule has 0 bridgehead atoms. The third kappa shape index (κ3) is 8.16. The van der Waals surface area contributed by atoms with Gasteiger partial charge >= 0.3 is 12.1 Å². The van der Waals surface area contributed by atoms with Gasteiger partial charge in [0, 0.05) is 11.5 Å². The molecule has 160 valence electrons. The summed E-state index contributed by atoms with van der Waals surface area (Å²) in [5.74, 6) is 0.00704. The molecule has 0 unspecified atom stereocenters. The van der Waals surface area contributed by atoms with Crippen molar-refractivity contribution < 1.29 is 23.9 Å². The number of rotatable bonds is 10. The van der Waals surface area contributed by atoms with Crippen LogP contribution >= 0.6 is 11.8 Å². The molecule has 0 aromatic heterocycles. The first kappa shape index (κ1) is 23.3. The molecule has 2 N–H and O–H groups in total. The molecule has 0 fully saturated rings. The van der Waals surface area contributed by atoms with E-state index >= 15 is 0 Å². The average Bonchev–Trinajstić information content (AvgIpc) is 2.77. The van der Waals surface area contributed by atoms with Gasteiger partial charge in [0.05, 0.1) is 7.11 Å². The Bertz CT molecular complexity index is 817. The predicted molar refractivity (Wildman–Crippen MR) is 116 cm³/mol. The van der Waals surface area contributed by atoms with Crippen molar-refractivity contribution >= 4 is 29.7 Å². The number of hydrogen-bond acceptors (Lipinski definition) is 6. The molecule has 30 heavy (non-hydrogen) atoms. The second-order valence-corrected chi connectivity index (χ2v) is 7.54. The summed E-state index contributed by atoms with van der Waals surface area (Å²) < 4.78 is 9.90. The lowest BCUT2D eigenvalue weighted by atomic mass is 10.2. The zero-order valence-corrected chi connectivity index (χ0v) is 17.8. The van der Waals surface area contributed by atoms with E-state index in [4.69, 9.17) is 9.47 Å². The number of amides is 2. The molecule has 8 heteroatoms. The molecular weight excluding hydrogens is 404 g/mol. The fourth-order valence-electron chi connectivity index (χ4n) is 2.48. The van der Waals surface area contributed by atoms with Crippen molar-refractivity contribution in [1.29, 1.82) is 0 Å². The van der Waals surface area contributed by atoms with Crippen LogP contribution in [0.1, 0.15) is 18.1 Å². The lowest BCUT2D eigenvalue weighted by Crippen LogP contribution is -2.51. The van der Waals surface area contributed by atoms with E-state index in [0.29, 0.717) is 11.5 Å². The van der Waals surface area contributed by atoms with Crippen LogP contribution < -0.4 is 10.6 Å². The van der Waals surface area contributed by atoms with Crippen molar-refractivity contribution in [3.63, 3.8) is 0 Å². The highest BCUT2D eigenvalue weighted by atomic mass is 32.2. The first-order valence-corrected chi connectivity index (χ1v) is 10.6. The van der Waals surface area contributed by atoms with E-state index in [1.54, 1.807) is 0 Å². The molecule has 0 heterocycles. The third-order valence-corrected chi connectivity index (χ3v) is 5.25. The van der Waals surface area contributed by atoms with E-state index in [1.807, 2.05) is 60.7 Å². The topological polar surface area (TPSA) is 93.7 Å². The van der Waals surface area contributed by atoms with E-state index in [0.717, 1.165) is 11.1 Å². The second kappa shape index (κ2) is 12.5. The minimum atomic E-state index is -0.875. The normalized spacial score (nSPS) is 12.3. The van der Waals surface area contributed by atoms with Crippen molar-refractivity contribution in [2.45, 2.75) is 31.4 Å². The summed E-state index contributed by atoms with van der Waals surface area (Å²) in [6.07, 6.45) is -0.713. The highest BCUT2D eigenvalue weighted by Crippen LogP contribution is 2.13.